The number of nitrogens with zero attached hydrogens (tertiary/aromatic N) is 2. The van der Waals surface area contributed by atoms with E-state index in [0.29, 0.717) is 0 Å². The van der Waals surface area contributed by atoms with Gasteiger partial charge in [-0.25, -0.2) is 0 Å². The van der Waals surface area contributed by atoms with Gasteiger partial charge in [-0.15, -0.1) is 6.58 Å². The Labute approximate surface area is 163 Å². The van der Waals surface area contributed by atoms with E-state index in [1.807, 2.05) is 13.8 Å². The molecule has 0 fully saturated rings. The molecule has 1 N–H and O–H groups in total. The van der Waals surface area contributed by atoms with Crippen LogP contribution in [0.5, 0.6) is 0 Å². The standard InChI is InChI=1S/C20H35N3O4/c1-9-11-16(20(27)21-19(15(5)25)13(3)10-2)23(8)18(26)12-17(14(4)24)22(6)7/h9,13,16-17,19H,1,10-12H2,2-8H3,(H,21,27)/t13-,16-,17-,19-/m0/s1. The lowest BCUT2D eigenvalue weighted by Gasteiger charge is -2.31. The second-order valence-electron chi connectivity index (χ2n) is 7.32. The lowest BCUT2D eigenvalue weighted by atomic mass is 9.95. The first kappa shape index (κ1) is 25.0. The highest BCUT2D eigenvalue weighted by molar-refractivity contribution is 5.93. The molecule has 2 amide bonds. The van der Waals surface area contributed by atoms with E-state index < -0.39 is 24.0 Å². The van der Waals surface area contributed by atoms with E-state index in [2.05, 4.69) is 11.9 Å². The van der Waals surface area contributed by atoms with Crippen LogP contribution < -0.4 is 5.32 Å². The number of carbonyl (C=O) groups is 4. The lowest BCUT2D eigenvalue weighted by molar-refractivity contribution is -0.141. The van der Waals surface area contributed by atoms with E-state index in [1.165, 1.54) is 25.8 Å². The summed E-state index contributed by atoms with van der Waals surface area (Å²) in [6.07, 6.45) is 2.55. The molecule has 0 aliphatic rings. The molecule has 0 aromatic carbocycles. The van der Waals surface area contributed by atoms with Crippen molar-refractivity contribution in [2.24, 2.45) is 5.92 Å². The van der Waals surface area contributed by atoms with Crippen LogP contribution in [0, 0.1) is 5.92 Å². The van der Waals surface area contributed by atoms with Gasteiger partial charge >= 0.3 is 0 Å². The summed E-state index contributed by atoms with van der Waals surface area (Å²) in [4.78, 5) is 52.1. The van der Waals surface area contributed by atoms with E-state index in [-0.39, 0.29) is 36.2 Å². The van der Waals surface area contributed by atoms with Crippen molar-refractivity contribution in [2.75, 3.05) is 21.1 Å². The van der Waals surface area contributed by atoms with Crippen LogP contribution in [0.2, 0.25) is 0 Å². The summed E-state index contributed by atoms with van der Waals surface area (Å²) >= 11 is 0. The maximum Gasteiger partial charge on any atom is 0.243 e. The van der Waals surface area contributed by atoms with Gasteiger partial charge in [0.05, 0.1) is 12.1 Å². The molecule has 0 unspecified atom stereocenters. The quantitative estimate of drug-likeness (QED) is 0.517. The van der Waals surface area contributed by atoms with E-state index >= 15 is 0 Å². The number of hydrogen-bond acceptors (Lipinski definition) is 5. The van der Waals surface area contributed by atoms with E-state index in [4.69, 9.17) is 0 Å². The second kappa shape index (κ2) is 11.6. The first-order chi connectivity index (χ1) is 12.5. The molecular formula is C20H35N3O4. The minimum absolute atomic E-state index is 0.00678. The molecule has 27 heavy (non-hydrogen) atoms. The summed E-state index contributed by atoms with van der Waals surface area (Å²) < 4.78 is 0. The van der Waals surface area contributed by atoms with Gasteiger partial charge in [-0.1, -0.05) is 26.3 Å². The molecule has 0 aliphatic heterocycles. The Morgan fingerprint density at radius 3 is 1.96 bits per heavy atom. The third-order valence-electron chi connectivity index (χ3n) is 4.96. The third-order valence-corrected chi connectivity index (χ3v) is 4.96. The van der Waals surface area contributed by atoms with E-state index in [9.17, 15) is 19.2 Å². The maximum atomic E-state index is 12.8. The average Bonchev–Trinajstić information content (AvgIpc) is 2.59. The van der Waals surface area contributed by atoms with Gasteiger partial charge in [-0.2, -0.15) is 0 Å². The van der Waals surface area contributed by atoms with Crippen molar-refractivity contribution in [1.82, 2.24) is 15.1 Å². The Bertz CT molecular complexity index is 559. The SMILES string of the molecule is C=CC[C@@H](C(=O)N[C@H](C(C)=O)[C@@H](C)CC)N(C)C(=O)C[C@@H](C(C)=O)N(C)C. The zero-order valence-corrected chi connectivity index (χ0v) is 17.7. The minimum atomic E-state index is -0.782. The van der Waals surface area contributed by atoms with Crippen molar-refractivity contribution < 1.29 is 19.2 Å². The Balaban J connectivity index is 5.35. The van der Waals surface area contributed by atoms with Gasteiger partial charge in [0.15, 0.2) is 5.78 Å². The Morgan fingerprint density at radius 2 is 1.59 bits per heavy atom. The normalized spacial score (nSPS) is 15.4. The molecule has 0 aliphatic carbocycles. The Morgan fingerprint density at radius 1 is 1.04 bits per heavy atom. The summed E-state index contributed by atoms with van der Waals surface area (Å²) in [5.74, 6) is -0.940. The summed E-state index contributed by atoms with van der Waals surface area (Å²) in [6, 6.07) is -1.92. The molecule has 7 nitrogen and oxygen atoms in total. The number of likely N-dealkylation sites (N-methyl/N-ethyl adjacent to an activating group) is 2. The van der Waals surface area contributed by atoms with Crippen LogP contribution in [0.1, 0.15) is 47.0 Å². The predicted octanol–water partition coefficient (Wildman–Crippen LogP) is 1.42. The number of Topliss-reactive ketones (excluding diaryl/α,β-unsaturated/α-hetero) is 2. The summed E-state index contributed by atoms with van der Waals surface area (Å²) in [5, 5.41) is 2.78. The summed E-state index contributed by atoms with van der Waals surface area (Å²) in [6.45, 7) is 10.4. The average molecular weight is 382 g/mol. The molecule has 0 bridgehead atoms. The molecule has 0 heterocycles. The Hall–Kier alpha value is -2.02. The molecule has 7 heteroatoms. The van der Waals surface area contributed by atoms with Crippen LogP contribution in [-0.4, -0.2) is 72.4 Å². The monoisotopic (exact) mass is 381 g/mol. The van der Waals surface area contributed by atoms with Crippen LogP contribution in [0.4, 0.5) is 0 Å². The highest BCUT2D eigenvalue weighted by Gasteiger charge is 2.32. The molecular weight excluding hydrogens is 346 g/mol. The third kappa shape index (κ3) is 7.62. The van der Waals surface area contributed by atoms with Gasteiger partial charge in [-0.3, -0.25) is 24.1 Å². The predicted molar refractivity (Wildman–Crippen MR) is 106 cm³/mol. The number of ketones is 2. The molecule has 0 aromatic heterocycles. The summed E-state index contributed by atoms with van der Waals surface area (Å²) in [5.41, 5.74) is 0. The van der Waals surface area contributed by atoms with Crippen LogP contribution in [0.3, 0.4) is 0 Å². The fourth-order valence-corrected chi connectivity index (χ4v) is 2.90. The van der Waals surface area contributed by atoms with Crippen LogP contribution in [0.15, 0.2) is 12.7 Å². The van der Waals surface area contributed by atoms with Crippen molar-refractivity contribution in [2.45, 2.75) is 65.1 Å². The smallest absolute Gasteiger partial charge is 0.243 e. The highest BCUT2D eigenvalue weighted by atomic mass is 16.2. The highest BCUT2D eigenvalue weighted by Crippen LogP contribution is 2.13. The molecule has 0 spiro atoms. The first-order valence-corrected chi connectivity index (χ1v) is 9.32. The topological polar surface area (TPSA) is 86.8 Å². The van der Waals surface area contributed by atoms with Crippen LogP contribution in [0.25, 0.3) is 0 Å². The minimum Gasteiger partial charge on any atom is -0.344 e. The molecule has 4 atom stereocenters. The van der Waals surface area contributed by atoms with Gasteiger partial charge in [0, 0.05) is 13.5 Å². The van der Waals surface area contributed by atoms with Crippen molar-refractivity contribution in [1.29, 1.82) is 0 Å². The van der Waals surface area contributed by atoms with E-state index in [1.54, 1.807) is 25.1 Å². The second-order valence-corrected chi connectivity index (χ2v) is 7.32. The number of rotatable bonds is 12. The number of hydrogen-bond donors (Lipinski definition) is 1. The molecule has 0 saturated heterocycles. The van der Waals surface area contributed by atoms with E-state index in [0.717, 1.165) is 6.42 Å². The van der Waals surface area contributed by atoms with Gasteiger partial charge in [0.1, 0.15) is 11.8 Å². The van der Waals surface area contributed by atoms with Crippen molar-refractivity contribution in [3.8, 4) is 0 Å². The van der Waals surface area contributed by atoms with Gasteiger partial charge < -0.3 is 10.2 Å². The van der Waals surface area contributed by atoms with Crippen LogP contribution >= 0.6 is 0 Å². The zero-order chi connectivity index (χ0) is 21.3. The zero-order valence-electron chi connectivity index (χ0n) is 17.7. The fourth-order valence-electron chi connectivity index (χ4n) is 2.90. The fraction of sp³-hybridized carbons (Fsp3) is 0.700. The number of carbonyl (C=O) groups excluding carboxylic acids is 4. The van der Waals surface area contributed by atoms with Gasteiger partial charge in [0.2, 0.25) is 11.8 Å². The van der Waals surface area contributed by atoms with Gasteiger partial charge in [0.25, 0.3) is 0 Å². The maximum absolute atomic E-state index is 12.8. The molecule has 0 saturated carbocycles. The van der Waals surface area contributed by atoms with Crippen LogP contribution in [-0.2, 0) is 19.2 Å². The largest absolute Gasteiger partial charge is 0.344 e. The first-order valence-electron chi connectivity index (χ1n) is 9.32. The van der Waals surface area contributed by atoms with Crippen molar-refractivity contribution >= 4 is 23.4 Å². The Kier molecular flexibility index (Phi) is 10.8. The van der Waals surface area contributed by atoms with Gasteiger partial charge in [-0.05, 0) is 40.3 Å². The molecule has 0 radical (unpaired) electrons. The lowest BCUT2D eigenvalue weighted by Crippen LogP contribution is -2.54. The van der Waals surface area contributed by atoms with Crippen molar-refractivity contribution in [3.63, 3.8) is 0 Å². The van der Waals surface area contributed by atoms with Crippen molar-refractivity contribution in [3.05, 3.63) is 12.7 Å². The number of amides is 2. The molecule has 0 aromatic rings. The summed E-state index contributed by atoms with van der Waals surface area (Å²) in [7, 11) is 5.00. The number of nitrogens with one attached hydrogen (secondary N) is 1. The molecule has 0 rings (SSSR count). The molecule has 154 valence electrons.